The maximum absolute atomic E-state index is 12.5. The van der Waals surface area contributed by atoms with Gasteiger partial charge >= 0.3 is 0 Å². The van der Waals surface area contributed by atoms with Crippen molar-refractivity contribution in [1.82, 2.24) is 5.32 Å². The molecule has 0 radical (unpaired) electrons. The van der Waals surface area contributed by atoms with Crippen molar-refractivity contribution < 1.29 is 20.1 Å². The molecule has 4 N–H and O–H groups in total. The highest BCUT2D eigenvalue weighted by Gasteiger charge is 2.20. The van der Waals surface area contributed by atoms with Crippen LogP contribution in [0.25, 0.3) is 0 Å². The normalized spacial score (nSPS) is 13.8. The molecule has 0 aromatic heterocycles. The third-order valence-electron chi connectivity index (χ3n) is 11.3. The molecule has 5 nitrogen and oxygen atoms in total. The lowest BCUT2D eigenvalue weighted by Crippen LogP contribution is -2.45. The minimum Gasteiger partial charge on any atom is -0.394 e. The molecule has 0 bridgehead atoms. The number of unbranched alkanes of at least 4 members (excludes halogenated alkanes) is 30. The average Bonchev–Trinajstić information content (AvgIpc) is 3.20. The second kappa shape index (κ2) is 47.0. The van der Waals surface area contributed by atoms with Crippen LogP contribution in [0.4, 0.5) is 0 Å². The fraction of sp³-hybridized carbons (Fsp3) is 0.827. The predicted molar refractivity (Wildman–Crippen MR) is 250 cm³/mol. The molecule has 0 aliphatic carbocycles. The molecule has 5 heteroatoms. The van der Waals surface area contributed by atoms with E-state index in [1.54, 1.807) is 6.08 Å². The summed E-state index contributed by atoms with van der Waals surface area (Å²) in [5, 5.41) is 33.3. The first kappa shape index (κ1) is 55.3. The minimum atomic E-state index is -0.953. The van der Waals surface area contributed by atoms with Crippen LogP contribution in [0.5, 0.6) is 0 Å². The number of hydrogen-bond donors (Lipinski definition) is 4. The van der Waals surface area contributed by atoms with Crippen LogP contribution in [0.1, 0.15) is 251 Å². The average molecular weight is 800 g/mol. The Morgan fingerprint density at radius 3 is 1.32 bits per heavy atom. The quantitative estimate of drug-likeness (QED) is 0.0365. The van der Waals surface area contributed by atoms with Crippen LogP contribution in [0.3, 0.4) is 0 Å². The second-order valence-corrected chi connectivity index (χ2v) is 17.0. The number of aliphatic hydroxyl groups is 3. The van der Waals surface area contributed by atoms with Gasteiger partial charge in [0.15, 0.2) is 0 Å². The highest BCUT2D eigenvalue weighted by atomic mass is 16.3. The summed E-state index contributed by atoms with van der Waals surface area (Å²) in [6.45, 7) is 4.12. The molecule has 0 saturated heterocycles. The topological polar surface area (TPSA) is 89.8 Å². The van der Waals surface area contributed by atoms with Gasteiger partial charge in [0.25, 0.3) is 0 Å². The van der Waals surface area contributed by atoms with Crippen molar-refractivity contribution in [2.75, 3.05) is 6.61 Å². The Kier molecular flexibility index (Phi) is 45.6. The molecule has 3 unspecified atom stereocenters. The van der Waals surface area contributed by atoms with Crippen molar-refractivity contribution in [2.24, 2.45) is 0 Å². The first-order valence-corrected chi connectivity index (χ1v) is 24.9. The van der Waals surface area contributed by atoms with Crippen LogP contribution in [-0.4, -0.2) is 46.1 Å². The standard InChI is InChI=1S/C52H97NO4/c1-3-5-7-9-11-13-15-17-19-21-23-24-25-26-28-30-32-34-36-38-40-42-44-46-51(56)50(48-54)53-52(57)47-49(55)45-43-41-39-37-35-33-31-29-27-22-20-18-16-14-12-10-8-6-4-2/h6,8,12,14,36,38,44,46,49-51,54-56H,3-5,7,9-11,13,15-35,37,39-43,45,47-48H2,1-2H3,(H,53,57)/b8-6-,14-12-,38-36+,46-44+. The van der Waals surface area contributed by atoms with E-state index in [4.69, 9.17) is 0 Å². The molecule has 0 heterocycles. The van der Waals surface area contributed by atoms with Gasteiger partial charge in [0.2, 0.25) is 5.91 Å². The summed E-state index contributed by atoms with van der Waals surface area (Å²) in [4.78, 5) is 12.5. The van der Waals surface area contributed by atoms with Crippen molar-refractivity contribution in [2.45, 2.75) is 270 Å². The molecule has 1 amide bonds. The van der Waals surface area contributed by atoms with Gasteiger partial charge < -0.3 is 20.6 Å². The zero-order chi connectivity index (χ0) is 41.5. The fourth-order valence-corrected chi connectivity index (χ4v) is 7.57. The predicted octanol–water partition coefficient (Wildman–Crippen LogP) is 14.9. The second-order valence-electron chi connectivity index (χ2n) is 17.0. The molecule has 3 atom stereocenters. The Labute approximate surface area is 355 Å². The molecule has 0 aliphatic rings. The van der Waals surface area contributed by atoms with Gasteiger partial charge in [-0.3, -0.25) is 4.79 Å². The SMILES string of the molecule is CC/C=C\C/C=C\CCCCCCCCCCCCCCC(O)CC(=O)NC(CO)C(O)/C=C/CC/C=C/CCCCCCCCCCCCCCCCCCC. The molecule has 0 aromatic carbocycles. The first-order chi connectivity index (χ1) is 28.0. The van der Waals surface area contributed by atoms with Gasteiger partial charge in [-0.1, -0.05) is 236 Å². The van der Waals surface area contributed by atoms with E-state index in [-0.39, 0.29) is 18.9 Å². The summed E-state index contributed by atoms with van der Waals surface area (Å²) >= 11 is 0. The molecule has 0 aliphatic heterocycles. The zero-order valence-electron chi connectivity index (χ0n) is 38.0. The molecule has 0 aromatic rings. The third kappa shape index (κ3) is 43.7. The molecule has 57 heavy (non-hydrogen) atoms. The van der Waals surface area contributed by atoms with E-state index in [9.17, 15) is 20.1 Å². The van der Waals surface area contributed by atoms with Gasteiger partial charge in [-0.2, -0.15) is 0 Å². The number of rotatable bonds is 45. The zero-order valence-corrected chi connectivity index (χ0v) is 38.0. The van der Waals surface area contributed by atoms with E-state index in [1.807, 2.05) is 6.08 Å². The number of carbonyl (C=O) groups excluding carboxylic acids is 1. The van der Waals surface area contributed by atoms with Gasteiger partial charge in [-0.15, -0.1) is 0 Å². The van der Waals surface area contributed by atoms with Gasteiger partial charge in [0, 0.05) is 0 Å². The van der Waals surface area contributed by atoms with Crippen LogP contribution in [0, 0.1) is 0 Å². The summed E-state index contributed by atoms with van der Waals surface area (Å²) in [5.41, 5.74) is 0. The number of allylic oxidation sites excluding steroid dienone is 7. The van der Waals surface area contributed by atoms with Crippen LogP contribution in [-0.2, 0) is 4.79 Å². The van der Waals surface area contributed by atoms with Gasteiger partial charge in [0.05, 0.1) is 31.3 Å². The molecule has 334 valence electrons. The molecular weight excluding hydrogens is 703 g/mol. The Morgan fingerprint density at radius 2 is 0.860 bits per heavy atom. The number of amides is 1. The van der Waals surface area contributed by atoms with Gasteiger partial charge in [0.1, 0.15) is 0 Å². The first-order valence-electron chi connectivity index (χ1n) is 24.9. The lowest BCUT2D eigenvalue weighted by Gasteiger charge is -2.21. The fourth-order valence-electron chi connectivity index (χ4n) is 7.57. The largest absolute Gasteiger partial charge is 0.394 e. The van der Waals surface area contributed by atoms with Crippen molar-refractivity contribution in [1.29, 1.82) is 0 Å². The Morgan fingerprint density at radius 1 is 0.474 bits per heavy atom. The van der Waals surface area contributed by atoms with Crippen molar-refractivity contribution in [3.63, 3.8) is 0 Å². The van der Waals surface area contributed by atoms with E-state index in [0.717, 1.165) is 44.9 Å². The van der Waals surface area contributed by atoms with E-state index in [1.165, 1.54) is 180 Å². The number of hydrogen-bond acceptors (Lipinski definition) is 4. The number of aliphatic hydroxyl groups excluding tert-OH is 3. The lowest BCUT2D eigenvalue weighted by atomic mass is 10.0. The van der Waals surface area contributed by atoms with E-state index in [2.05, 4.69) is 55.6 Å². The molecule has 0 rings (SSSR count). The molecular formula is C52H97NO4. The van der Waals surface area contributed by atoms with Crippen molar-refractivity contribution >= 4 is 5.91 Å². The Hall–Kier alpha value is -1.69. The smallest absolute Gasteiger partial charge is 0.222 e. The van der Waals surface area contributed by atoms with Gasteiger partial charge in [-0.05, 0) is 57.8 Å². The van der Waals surface area contributed by atoms with Gasteiger partial charge in [-0.25, -0.2) is 0 Å². The molecule has 0 saturated carbocycles. The van der Waals surface area contributed by atoms with Crippen LogP contribution >= 0.6 is 0 Å². The molecule has 0 spiro atoms. The Bertz CT molecular complexity index is 927. The number of carbonyl (C=O) groups is 1. The molecule has 0 fully saturated rings. The van der Waals surface area contributed by atoms with E-state index >= 15 is 0 Å². The maximum Gasteiger partial charge on any atom is 0.222 e. The third-order valence-corrected chi connectivity index (χ3v) is 11.3. The summed E-state index contributed by atoms with van der Waals surface area (Å²) in [6, 6.07) is -0.762. The highest BCUT2D eigenvalue weighted by molar-refractivity contribution is 5.76. The summed E-state index contributed by atoms with van der Waals surface area (Å²) in [5.74, 6) is -0.325. The van der Waals surface area contributed by atoms with Crippen LogP contribution in [0.15, 0.2) is 48.6 Å². The summed E-state index contributed by atoms with van der Waals surface area (Å²) in [6.07, 6.45) is 61.3. The van der Waals surface area contributed by atoms with Crippen LogP contribution < -0.4 is 5.32 Å². The minimum absolute atomic E-state index is 0.00448. The number of nitrogens with one attached hydrogen (secondary N) is 1. The maximum atomic E-state index is 12.5. The van der Waals surface area contributed by atoms with Crippen molar-refractivity contribution in [3.8, 4) is 0 Å². The monoisotopic (exact) mass is 800 g/mol. The Balaban J connectivity index is 3.65. The summed E-state index contributed by atoms with van der Waals surface area (Å²) < 4.78 is 0. The summed E-state index contributed by atoms with van der Waals surface area (Å²) in [7, 11) is 0. The van der Waals surface area contributed by atoms with E-state index < -0.39 is 18.2 Å². The van der Waals surface area contributed by atoms with E-state index in [0.29, 0.717) is 6.42 Å². The lowest BCUT2D eigenvalue weighted by molar-refractivity contribution is -0.124. The van der Waals surface area contributed by atoms with Crippen molar-refractivity contribution in [3.05, 3.63) is 48.6 Å². The highest BCUT2D eigenvalue weighted by Crippen LogP contribution is 2.16. The van der Waals surface area contributed by atoms with Crippen LogP contribution in [0.2, 0.25) is 0 Å².